The molecule has 0 aliphatic heterocycles. The first-order chi connectivity index (χ1) is 13.3. The number of fused-ring (bicyclic) bond motifs is 4. The number of pyridine rings is 2. The summed E-state index contributed by atoms with van der Waals surface area (Å²) in [5.41, 5.74) is 7.90. The highest BCUT2D eigenvalue weighted by molar-refractivity contribution is 7.18. The van der Waals surface area contributed by atoms with Gasteiger partial charge in [0.1, 0.15) is 9.66 Å². The van der Waals surface area contributed by atoms with Crippen molar-refractivity contribution in [3.8, 4) is 0 Å². The van der Waals surface area contributed by atoms with Crippen LogP contribution in [0.5, 0.6) is 0 Å². The maximum atomic E-state index is 4.95. The molecule has 0 atom stereocenters. The Labute approximate surface area is 166 Å². The van der Waals surface area contributed by atoms with E-state index in [1.165, 1.54) is 83.2 Å². The zero-order chi connectivity index (χ0) is 17.8. The van der Waals surface area contributed by atoms with Crippen molar-refractivity contribution in [3.63, 3.8) is 0 Å². The van der Waals surface area contributed by atoms with E-state index in [-0.39, 0.29) is 0 Å². The fraction of sp³-hybridized carbons (Fsp3) is 0.364. The molecule has 0 radical (unpaired) electrons. The molecule has 0 amide bonds. The van der Waals surface area contributed by atoms with E-state index in [1.807, 2.05) is 0 Å². The summed E-state index contributed by atoms with van der Waals surface area (Å²) in [6, 6.07) is 4.76. The van der Waals surface area contributed by atoms with Crippen LogP contribution in [0.15, 0.2) is 22.9 Å². The van der Waals surface area contributed by atoms with E-state index in [9.17, 15) is 0 Å². The second kappa shape index (κ2) is 6.28. The zero-order valence-corrected chi connectivity index (χ0v) is 16.8. The molecule has 5 heteroatoms. The molecule has 2 aliphatic rings. The van der Waals surface area contributed by atoms with Crippen molar-refractivity contribution >= 4 is 54.5 Å². The predicted molar refractivity (Wildman–Crippen MR) is 116 cm³/mol. The molecule has 0 unspecified atom stereocenters. The Hall–Kier alpha value is -1.98. The van der Waals surface area contributed by atoms with E-state index in [4.69, 9.17) is 9.97 Å². The summed E-state index contributed by atoms with van der Waals surface area (Å²) in [5.74, 6) is 0. The third-order valence-electron chi connectivity index (χ3n) is 5.96. The van der Waals surface area contributed by atoms with Gasteiger partial charge in [0.05, 0.1) is 11.4 Å². The minimum atomic E-state index is 1.14. The summed E-state index contributed by atoms with van der Waals surface area (Å²) >= 11 is 3.50. The van der Waals surface area contributed by atoms with Crippen LogP contribution in [0.2, 0.25) is 0 Å². The van der Waals surface area contributed by atoms with Gasteiger partial charge >= 0.3 is 0 Å². The van der Waals surface area contributed by atoms with Gasteiger partial charge in [-0.1, -0.05) is 0 Å². The number of hydrogen-bond acceptors (Lipinski definition) is 5. The standard InChI is InChI=1S/C22H21N3S2/c1-3-7-17-13(5-1)9-15-19(11-26-21(15)24-17)23-20-12-27-22-16(20)10-14-6-2-4-8-18(14)25-22/h9-12,23H,1-8H2. The molecule has 2 aliphatic carbocycles. The molecule has 6 rings (SSSR count). The highest BCUT2D eigenvalue weighted by Crippen LogP contribution is 2.38. The maximum absolute atomic E-state index is 4.95. The molecule has 4 aromatic heterocycles. The lowest BCUT2D eigenvalue weighted by atomic mass is 9.95. The lowest BCUT2D eigenvalue weighted by Gasteiger charge is -2.15. The van der Waals surface area contributed by atoms with E-state index < -0.39 is 0 Å². The molecular formula is C22H21N3S2. The van der Waals surface area contributed by atoms with Crippen molar-refractivity contribution in [2.45, 2.75) is 51.4 Å². The molecule has 4 heterocycles. The van der Waals surface area contributed by atoms with Crippen LogP contribution in [0, 0.1) is 0 Å². The van der Waals surface area contributed by atoms with Gasteiger partial charge < -0.3 is 5.32 Å². The van der Waals surface area contributed by atoms with Crippen molar-refractivity contribution in [2.24, 2.45) is 0 Å². The average Bonchev–Trinajstić information content (AvgIpc) is 3.28. The number of rotatable bonds is 2. The molecule has 0 fully saturated rings. The van der Waals surface area contributed by atoms with Crippen LogP contribution in [0.4, 0.5) is 11.4 Å². The molecule has 136 valence electrons. The largest absolute Gasteiger partial charge is 0.353 e. The van der Waals surface area contributed by atoms with Crippen LogP contribution in [-0.4, -0.2) is 9.97 Å². The highest BCUT2D eigenvalue weighted by Gasteiger charge is 2.17. The van der Waals surface area contributed by atoms with Crippen LogP contribution in [-0.2, 0) is 25.7 Å². The first kappa shape index (κ1) is 16.0. The van der Waals surface area contributed by atoms with Crippen LogP contribution >= 0.6 is 22.7 Å². The molecule has 4 aromatic rings. The van der Waals surface area contributed by atoms with Gasteiger partial charge in [-0.25, -0.2) is 9.97 Å². The summed E-state index contributed by atoms with van der Waals surface area (Å²) in [4.78, 5) is 12.2. The fourth-order valence-corrected chi connectivity index (χ4v) is 6.24. The topological polar surface area (TPSA) is 37.8 Å². The molecule has 0 aromatic carbocycles. The highest BCUT2D eigenvalue weighted by atomic mass is 32.1. The van der Waals surface area contributed by atoms with Crippen LogP contribution in [0.1, 0.15) is 48.2 Å². The van der Waals surface area contributed by atoms with Crippen molar-refractivity contribution in [3.05, 3.63) is 45.4 Å². The van der Waals surface area contributed by atoms with Gasteiger partial charge in [0.2, 0.25) is 0 Å². The third kappa shape index (κ3) is 2.67. The van der Waals surface area contributed by atoms with Crippen LogP contribution in [0.25, 0.3) is 20.4 Å². The maximum Gasteiger partial charge on any atom is 0.125 e. The second-order valence-electron chi connectivity index (χ2n) is 7.73. The molecule has 0 spiro atoms. The number of anilines is 2. The molecule has 0 bridgehead atoms. The molecule has 0 saturated heterocycles. The number of hydrogen-bond donors (Lipinski definition) is 1. The number of thiophene rings is 2. The second-order valence-corrected chi connectivity index (χ2v) is 9.45. The predicted octanol–water partition coefficient (Wildman–Crippen LogP) is 6.41. The number of aromatic nitrogens is 2. The van der Waals surface area contributed by atoms with Crippen molar-refractivity contribution < 1.29 is 0 Å². The smallest absolute Gasteiger partial charge is 0.125 e. The number of nitrogens with one attached hydrogen (secondary N) is 1. The van der Waals surface area contributed by atoms with Gasteiger partial charge in [0, 0.05) is 32.9 Å². The lowest BCUT2D eigenvalue weighted by Crippen LogP contribution is -2.05. The van der Waals surface area contributed by atoms with Gasteiger partial charge in [0.15, 0.2) is 0 Å². The van der Waals surface area contributed by atoms with E-state index >= 15 is 0 Å². The monoisotopic (exact) mass is 391 g/mol. The van der Waals surface area contributed by atoms with E-state index in [0.717, 1.165) is 22.5 Å². The normalized spacial score (nSPS) is 16.4. The first-order valence-corrected chi connectivity index (χ1v) is 11.7. The summed E-state index contributed by atoms with van der Waals surface area (Å²) in [6.07, 6.45) is 9.75. The average molecular weight is 392 g/mol. The van der Waals surface area contributed by atoms with E-state index in [2.05, 4.69) is 28.2 Å². The molecule has 1 N–H and O–H groups in total. The number of nitrogens with zero attached hydrogens (tertiary/aromatic N) is 2. The van der Waals surface area contributed by atoms with Crippen molar-refractivity contribution in [1.82, 2.24) is 9.97 Å². The van der Waals surface area contributed by atoms with Gasteiger partial charge in [-0.3, -0.25) is 0 Å². The Balaban J connectivity index is 1.42. The van der Waals surface area contributed by atoms with Crippen LogP contribution < -0.4 is 5.32 Å². The zero-order valence-electron chi connectivity index (χ0n) is 15.2. The van der Waals surface area contributed by atoms with Gasteiger partial charge in [-0.05, 0) is 74.6 Å². The quantitative estimate of drug-likeness (QED) is 0.429. The first-order valence-electron chi connectivity index (χ1n) is 9.92. The van der Waals surface area contributed by atoms with Gasteiger partial charge in [0.25, 0.3) is 0 Å². The minimum absolute atomic E-state index is 1.14. The Morgan fingerprint density at radius 1 is 0.667 bits per heavy atom. The minimum Gasteiger partial charge on any atom is -0.353 e. The van der Waals surface area contributed by atoms with Gasteiger partial charge in [-0.2, -0.15) is 0 Å². The summed E-state index contributed by atoms with van der Waals surface area (Å²) in [6.45, 7) is 0. The van der Waals surface area contributed by atoms with E-state index in [1.54, 1.807) is 22.7 Å². The molecule has 27 heavy (non-hydrogen) atoms. The van der Waals surface area contributed by atoms with Crippen LogP contribution in [0.3, 0.4) is 0 Å². The Kier molecular flexibility index (Phi) is 3.73. The fourth-order valence-electron chi connectivity index (χ4n) is 4.49. The lowest BCUT2D eigenvalue weighted by molar-refractivity contribution is 0.671. The Bertz CT molecular complexity index is 1080. The van der Waals surface area contributed by atoms with E-state index in [0.29, 0.717) is 0 Å². The van der Waals surface area contributed by atoms with Crippen molar-refractivity contribution in [2.75, 3.05) is 5.32 Å². The Morgan fingerprint density at radius 3 is 1.67 bits per heavy atom. The summed E-state index contributed by atoms with van der Waals surface area (Å²) in [7, 11) is 0. The number of aryl methyl sites for hydroxylation is 4. The Morgan fingerprint density at radius 2 is 1.15 bits per heavy atom. The van der Waals surface area contributed by atoms with Crippen molar-refractivity contribution in [1.29, 1.82) is 0 Å². The SMILES string of the molecule is c1sc2nc3c(cc2c1Nc1csc2nc4c(cc12)CCCC4)CCCC3. The third-order valence-corrected chi connectivity index (χ3v) is 7.73. The molecule has 3 nitrogen and oxygen atoms in total. The van der Waals surface area contributed by atoms with Gasteiger partial charge in [-0.15, -0.1) is 22.7 Å². The molecule has 0 saturated carbocycles. The summed E-state index contributed by atoms with van der Waals surface area (Å²) < 4.78 is 0. The molecular weight excluding hydrogens is 370 g/mol. The summed E-state index contributed by atoms with van der Waals surface area (Å²) in [5, 5.41) is 10.7.